The first kappa shape index (κ1) is 24.5. The van der Waals surface area contributed by atoms with Crippen molar-refractivity contribution in [3.63, 3.8) is 0 Å². The smallest absolute Gasteiger partial charge is 0.410 e. The van der Waals surface area contributed by atoms with E-state index in [0.29, 0.717) is 13.0 Å². The molecule has 2 atom stereocenters. The average molecular weight is 394 g/mol. The molecule has 2 rings (SSSR count). The van der Waals surface area contributed by atoms with Gasteiger partial charge in [-0.1, -0.05) is 0 Å². The number of carboxylic acid groups (broad SMARTS) is 1. The summed E-state index contributed by atoms with van der Waals surface area (Å²) in [6, 6.07) is 0. The van der Waals surface area contributed by atoms with E-state index < -0.39 is 23.6 Å². The topological polar surface area (TPSA) is 108 Å². The Morgan fingerprint density at radius 3 is 2.31 bits per heavy atom. The molecule has 0 bridgehead atoms. The van der Waals surface area contributed by atoms with Gasteiger partial charge in [-0.15, -0.1) is 12.4 Å². The third-order valence-corrected chi connectivity index (χ3v) is 3.97. The summed E-state index contributed by atoms with van der Waals surface area (Å²) in [7, 11) is 0. The number of nitrogens with one attached hydrogen (secondary N) is 2. The molecule has 8 nitrogen and oxygen atoms in total. The Morgan fingerprint density at radius 2 is 1.88 bits per heavy atom. The molecule has 2 aliphatic heterocycles. The quantitative estimate of drug-likeness (QED) is 0.670. The van der Waals surface area contributed by atoms with Crippen LogP contribution in [0.15, 0.2) is 0 Å². The molecule has 152 valence electrons. The van der Waals surface area contributed by atoms with Gasteiger partial charge in [0.25, 0.3) is 0 Å². The van der Waals surface area contributed by atoms with Crippen molar-refractivity contribution >= 4 is 30.4 Å². The van der Waals surface area contributed by atoms with Crippen LogP contribution in [-0.4, -0.2) is 66.3 Å². The number of amides is 2. The Bertz CT molecular complexity index is 476. The van der Waals surface area contributed by atoms with Crippen molar-refractivity contribution in [3.8, 4) is 0 Å². The number of carboxylic acids is 1. The van der Waals surface area contributed by atoms with Crippen LogP contribution >= 0.6 is 12.4 Å². The molecular weight excluding hydrogens is 362 g/mol. The molecule has 9 heteroatoms. The average Bonchev–Trinajstić information content (AvgIpc) is 3.18. The minimum Gasteiger partial charge on any atom is -0.481 e. The summed E-state index contributed by atoms with van der Waals surface area (Å²) in [4.78, 5) is 34.8. The fraction of sp³-hybridized carbons (Fsp3) is 0.824. The Hall–Kier alpha value is -1.54. The third-order valence-electron chi connectivity index (χ3n) is 3.97. The van der Waals surface area contributed by atoms with Crippen LogP contribution in [0.25, 0.3) is 0 Å². The molecule has 0 spiro atoms. The predicted octanol–water partition coefficient (Wildman–Crippen LogP) is 1.48. The van der Waals surface area contributed by atoms with E-state index in [0.717, 1.165) is 26.1 Å². The Labute approximate surface area is 161 Å². The second-order valence-corrected chi connectivity index (χ2v) is 7.33. The first-order valence-electron chi connectivity index (χ1n) is 8.83. The third kappa shape index (κ3) is 8.71. The number of carbonyl (C=O) groups is 3. The second kappa shape index (κ2) is 11.2. The molecule has 2 saturated heterocycles. The van der Waals surface area contributed by atoms with Crippen LogP contribution < -0.4 is 10.6 Å². The van der Waals surface area contributed by atoms with Crippen LogP contribution in [0.4, 0.5) is 4.79 Å². The van der Waals surface area contributed by atoms with E-state index in [1.165, 1.54) is 4.90 Å². The number of carbonyl (C=O) groups excluding carboxylic acids is 2. The highest BCUT2D eigenvalue weighted by Crippen LogP contribution is 2.19. The number of rotatable bonds is 3. The maximum Gasteiger partial charge on any atom is 0.410 e. The molecule has 0 aromatic rings. The molecule has 2 fully saturated rings. The lowest BCUT2D eigenvalue weighted by molar-refractivity contribution is -0.141. The van der Waals surface area contributed by atoms with Gasteiger partial charge in [0, 0.05) is 26.2 Å². The number of likely N-dealkylation sites (tertiary alicyclic amines) is 1. The number of aliphatic carboxylic acids is 1. The standard InChI is InChI=1S/C10H17NO4.C7H14N2O.ClH/c1-10(2,3)15-9(14)11-5-4-7(6-11)8(12)13;1-2-9-7(10)6-3-4-8-5-6;/h7H,4-6H2,1-3H3,(H,12,13);6,8H,2-5H2,1H3,(H,9,10);1H/t7-;6-;/m00./s1. The maximum atomic E-state index is 11.5. The zero-order valence-electron chi connectivity index (χ0n) is 16.0. The minimum atomic E-state index is -0.846. The van der Waals surface area contributed by atoms with E-state index in [2.05, 4.69) is 10.6 Å². The van der Waals surface area contributed by atoms with Gasteiger partial charge in [0.05, 0.1) is 11.8 Å². The van der Waals surface area contributed by atoms with Gasteiger partial charge in [-0.2, -0.15) is 0 Å². The Kier molecular flexibility index (Phi) is 10.6. The summed E-state index contributed by atoms with van der Waals surface area (Å²) in [5.74, 6) is -0.869. The van der Waals surface area contributed by atoms with Crippen LogP contribution in [0.1, 0.15) is 40.5 Å². The fourth-order valence-corrected chi connectivity index (χ4v) is 2.65. The first-order chi connectivity index (χ1) is 11.6. The summed E-state index contributed by atoms with van der Waals surface area (Å²) in [5.41, 5.74) is -0.529. The molecule has 2 aliphatic rings. The summed E-state index contributed by atoms with van der Waals surface area (Å²) in [5, 5.41) is 14.7. The van der Waals surface area contributed by atoms with Gasteiger partial charge in [0.2, 0.25) is 5.91 Å². The predicted molar refractivity (Wildman–Crippen MR) is 100 cm³/mol. The number of hydrogen-bond acceptors (Lipinski definition) is 5. The highest BCUT2D eigenvalue weighted by Gasteiger charge is 2.33. The van der Waals surface area contributed by atoms with E-state index in [1.54, 1.807) is 20.8 Å². The lowest BCUT2D eigenvalue weighted by Crippen LogP contribution is -2.35. The van der Waals surface area contributed by atoms with Gasteiger partial charge in [0.15, 0.2) is 0 Å². The lowest BCUT2D eigenvalue weighted by atomic mass is 10.1. The summed E-state index contributed by atoms with van der Waals surface area (Å²) in [6.45, 7) is 10.6. The zero-order chi connectivity index (χ0) is 19.0. The van der Waals surface area contributed by atoms with E-state index in [1.807, 2.05) is 6.92 Å². The van der Waals surface area contributed by atoms with Gasteiger partial charge >= 0.3 is 12.1 Å². The van der Waals surface area contributed by atoms with Crippen molar-refractivity contribution in [2.24, 2.45) is 11.8 Å². The lowest BCUT2D eigenvalue weighted by Gasteiger charge is -2.24. The molecule has 0 radical (unpaired) electrons. The molecule has 0 saturated carbocycles. The van der Waals surface area contributed by atoms with Crippen molar-refractivity contribution in [3.05, 3.63) is 0 Å². The number of halogens is 1. The van der Waals surface area contributed by atoms with Gasteiger partial charge in [-0.05, 0) is 47.1 Å². The molecule has 26 heavy (non-hydrogen) atoms. The SMILES string of the molecule is CC(C)(C)OC(=O)N1CC[C@H](C(=O)O)C1.CCNC(=O)[C@H]1CCNC1.Cl. The highest BCUT2D eigenvalue weighted by molar-refractivity contribution is 5.85. The van der Waals surface area contributed by atoms with Crippen LogP contribution in [0, 0.1) is 11.8 Å². The van der Waals surface area contributed by atoms with Gasteiger partial charge in [-0.3, -0.25) is 9.59 Å². The first-order valence-corrected chi connectivity index (χ1v) is 8.83. The minimum absolute atomic E-state index is 0. The van der Waals surface area contributed by atoms with Gasteiger partial charge in [0.1, 0.15) is 5.60 Å². The van der Waals surface area contributed by atoms with Crippen molar-refractivity contribution in [2.45, 2.75) is 46.1 Å². The highest BCUT2D eigenvalue weighted by atomic mass is 35.5. The van der Waals surface area contributed by atoms with Gasteiger partial charge < -0.3 is 25.4 Å². The Morgan fingerprint density at radius 1 is 1.23 bits per heavy atom. The van der Waals surface area contributed by atoms with Crippen LogP contribution in [0.5, 0.6) is 0 Å². The molecule has 0 aromatic heterocycles. The molecule has 0 unspecified atom stereocenters. The van der Waals surface area contributed by atoms with Crippen molar-refractivity contribution in [1.29, 1.82) is 0 Å². The second-order valence-electron chi connectivity index (χ2n) is 7.33. The maximum absolute atomic E-state index is 11.5. The van der Waals surface area contributed by atoms with Crippen LogP contribution in [0.2, 0.25) is 0 Å². The largest absolute Gasteiger partial charge is 0.481 e. The van der Waals surface area contributed by atoms with E-state index in [9.17, 15) is 14.4 Å². The molecule has 3 N–H and O–H groups in total. The molecule has 2 amide bonds. The molecular formula is C17H32ClN3O5. The van der Waals surface area contributed by atoms with E-state index in [4.69, 9.17) is 9.84 Å². The van der Waals surface area contributed by atoms with E-state index in [-0.39, 0.29) is 30.8 Å². The number of ether oxygens (including phenoxy) is 1. The van der Waals surface area contributed by atoms with Crippen LogP contribution in [-0.2, 0) is 14.3 Å². The van der Waals surface area contributed by atoms with Crippen LogP contribution in [0.3, 0.4) is 0 Å². The van der Waals surface area contributed by atoms with Crippen molar-refractivity contribution in [2.75, 3.05) is 32.7 Å². The molecule has 0 aliphatic carbocycles. The fourth-order valence-electron chi connectivity index (χ4n) is 2.65. The summed E-state index contributed by atoms with van der Waals surface area (Å²) >= 11 is 0. The molecule has 0 aromatic carbocycles. The van der Waals surface area contributed by atoms with Crippen molar-refractivity contribution < 1.29 is 24.2 Å². The number of hydrogen-bond donors (Lipinski definition) is 3. The monoisotopic (exact) mass is 393 g/mol. The van der Waals surface area contributed by atoms with E-state index >= 15 is 0 Å². The summed E-state index contributed by atoms with van der Waals surface area (Å²) in [6.07, 6.45) is 1.08. The van der Waals surface area contributed by atoms with Crippen molar-refractivity contribution in [1.82, 2.24) is 15.5 Å². The number of nitrogens with zero attached hydrogens (tertiary/aromatic N) is 1. The molecule has 2 heterocycles. The Balaban J connectivity index is 0.000000497. The summed E-state index contributed by atoms with van der Waals surface area (Å²) < 4.78 is 5.14. The zero-order valence-corrected chi connectivity index (χ0v) is 16.9. The van der Waals surface area contributed by atoms with Gasteiger partial charge in [-0.25, -0.2) is 4.79 Å². The normalized spacial score (nSPS) is 21.9.